The fourth-order valence-electron chi connectivity index (χ4n) is 2.18. The van der Waals surface area contributed by atoms with Gasteiger partial charge in [-0.15, -0.1) is 0 Å². The molecule has 0 saturated carbocycles. The molecule has 1 heterocycles. The Hall–Kier alpha value is -0.910. The van der Waals surface area contributed by atoms with Gasteiger partial charge in [0.15, 0.2) is 0 Å². The fourth-order valence-corrected chi connectivity index (χ4v) is 2.94. The first-order valence-electron chi connectivity index (χ1n) is 6.36. The van der Waals surface area contributed by atoms with Gasteiger partial charge in [-0.05, 0) is 47.5 Å². The molecule has 20 heavy (non-hydrogen) atoms. The summed E-state index contributed by atoms with van der Waals surface area (Å²) in [5.41, 5.74) is 8.90. The van der Waals surface area contributed by atoms with Crippen molar-refractivity contribution in [2.75, 3.05) is 0 Å². The van der Waals surface area contributed by atoms with Crippen molar-refractivity contribution in [1.82, 2.24) is 9.78 Å². The van der Waals surface area contributed by atoms with Crippen LogP contribution in [0.4, 0.5) is 4.39 Å². The van der Waals surface area contributed by atoms with Gasteiger partial charge in [0.25, 0.3) is 0 Å². The summed E-state index contributed by atoms with van der Waals surface area (Å²) in [6.45, 7) is 4.74. The molecule has 0 bridgehead atoms. The van der Waals surface area contributed by atoms with E-state index in [-0.39, 0.29) is 11.9 Å². The largest absolute Gasteiger partial charge is 0.324 e. The summed E-state index contributed by atoms with van der Waals surface area (Å²) in [7, 11) is 0. The Labute approximate surface area is 131 Å². The summed E-state index contributed by atoms with van der Waals surface area (Å²) < 4.78 is 16.0. The summed E-state index contributed by atoms with van der Waals surface area (Å²) in [6.07, 6.45) is 0.584. The fraction of sp³-hybridized carbons (Fsp3) is 0.357. The molecule has 0 aliphatic heterocycles. The highest BCUT2D eigenvalue weighted by Crippen LogP contribution is 2.29. The summed E-state index contributed by atoms with van der Waals surface area (Å²) in [4.78, 5) is 0. The highest BCUT2D eigenvalue weighted by molar-refractivity contribution is 9.10. The molecule has 0 radical (unpaired) electrons. The highest BCUT2D eigenvalue weighted by Gasteiger charge is 2.18. The molecule has 1 unspecified atom stereocenters. The summed E-state index contributed by atoms with van der Waals surface area (Å²) in [5.74, 6) is -0.360. The van der Waals surface area contributed by atoms with Crippen molar-refractivity contribution in [3.63, 3.8) is 0 Å². The number of nitrogens with two attached hydrogens (primary N) is 1. The first-order chi connectivity index (χ1) is 9.43. The summed E-state index contributed by atoms with van der Waals surface area (Å²) >= 11 is 9.60. The van der Waals surface area contributed by atoms with Gasteiger partial charge in [0.05, 0.1) is 15.9 Å². The highest BCUT2D eigenvalue weighted by atomic mass is 79.9. The smallest absolute Gasteiger partial charge is 0.124 e. The molecular weight excluding hydrogens is 345 g/mol. The normalized spacial score (nSPS) is 12.7. The van der Waals surface area contributed by atoms with Crippen molar-refractivity contribution in [3.8, 4) is 0 Å². The molecule has 0 spiro atoms. The van der Waals surface area contributed by atoms with Crippen LogP contribution in [0.15, 0.2) is 22.7 Å². The van der Waals surface area contributed by atoms with Crippen LogP contribution in [0, 0.1) is 12.7 Å². The van der Waals surface area contributed by atoms with E-state index >= 15 is 0 Å². The molecule has 2 aromatic rings. The molecule has 1 aromatic heterocycles. The molecule has 0 saturated heterocycles. The molecule has 1 aromatic carbocycles. The Morgan fingerprint density at radius 1 is 1.50 bits per heavy atom. The van der Waals surface area contributed by atoms with Gasteiger partial charge in [-0.1, -0.05) is 17.7 Å². The number of aryl methyl sites for hydroxylation is 2. The second kappa shape index (κ2) is 6.24. The molecular formula is C14H16BrClFN3. The lowest BCUT2D eigenvalue weighted by molar-refractivity contribution is 0.584. The number of hydrogen-bond donors (Lipinski definition) is 1. The summed E-state index contributed by atoms with van der Waals surface area (Å²) in [5, 5.41) is 4.79. The molecule has 0 fully saturated rings. The van der Waals surface area contributed by atoms with Gasteiger partial charge in [-0.25, -0.2) is 4.39 Å². The second-order valence-corrected chi connectivity index (χ2v) is 5.84. The van der Waals surface area contributed by atoms with Crippen LogP contribution < -0.4 is 5.73 Å². The standard InChI is InChI=1S/C14H16BrClFN3/c1-3-20-13(14(15)8(2)19-20)7-12(18)10-5-4-9(17)6-11(10)16/h4-6,12H,3,7,18H2,1-2H3. The van der Waals surface area contributed by atoms with E-state index in [1.165, 1.54) is 12.1 Å². The van der Waals surface area contributed by atoms with Crippen molar-refractivity contribution < 1.29 is 4.39 Å². The van der Waals surface area contributed by atoms with Crippen LogP contribution >= 0.6 is 27.5 Å². The van der Waals surface area contributed by atoms with Gasteiger partial charge in [-0.2, -0.15) is 5.10 Å². The van der Waals surface area contributed by atoms with E-state index in [4.69, 9.17) is 17.3 Å². The van der Waals surface area contributed by atoms with E-state index in [0.717, 1.165) is 28.0 Å². The van der Waals surface area contributed by atoms with Crippen molar-refractivity contribution in [2.45, 2.75) is 32.9 Å². The zero-order chi connectivity index (χ0) is 14.9. The third-order valence-corrected chi connectivity index (χ3v) is 4.59. The third-order valence-electron chi connectivity index (χ3n) is 3.23. The molecule has 1 atom stereocenters. The SMILES string of the molecule is CCn1nc(C)c(Br)c1CC(N)c1ccc(F)cc1Cl. The molecule has 2 N–H and O–H groups in total. The van der Waals surface area contributed by atoms with E-state index < -0.39 is 0 Å². The number of hydrogen-bond acceptors (Lipinski definition) is 2. The van der Waals surface area contributed by atoms with Gasteiger partial charge >= 0.3 is 0 Å². The van der Waals surface area contributed by atoms with E-state index in [0.29, 0.717) is 11.4 Å². The Bertz CT molecular complexity index is 627. The average Bonchev–Trinajstić information content (AvgIpc) is 2.66. The third kappa shape index (κ3) is 3.05. The number of rotatable bonds is 4. The van der Waals surface area contributed by atoms with Crippen LogP contribution in [0.2, 0.25) is 5.02 Å². The Morgan fingerprint density at radius 2 is 2.20 bits per heavy atom. The van der Waals surface area contributed by atoms with Crippen LogP contribution in [0.3, 0.4) is 0 Å². The van der Waals surface area contributed by atoms with Crippen molar-refractivity contribution in [1.29, 1.82) is 0 Å². The molecule has 0 aliphatic rings. The maximum Gasteiger partial charge on any atom is 0.124 e. The Morgan fingerprint density at radius 3 is 2.80 bits per heavy atom. The first-order valence-corrected chi connectivity index (χ1v) is 7.53. The summed E-state index contributed by atoms with van der Waals surface area (Å²) in [6, 6.07) is 3.99. The van der Waals surface area contributed by atoms with Gasteiger partial charge in [-0.3, -0.25) is 4.68 Å². The monoisotopic (exact) mass is 359 g/mol. The molecule has 0 aliphatic carbocycles. The van der Waals surface area contributed by atoms with Gasteiger partial charge < -0.3 is 5.73 Å². The lowest BCUT2D eigenvalue weighted by Gasteiger charge is -2.15. The molecule has 6 heteroatoms. The minimum absolute atomic E-state index is 0.305. The quantitative estimate of drug-likeness (QED) is 0.895. The van der Waals surface area contributed by atoms with Crippen LogP contribution in [0.1, 0.15) is 29.9 Å². The van der Waals surface area contributed by atoms with E-state index in [1.54, 1.807) is 6.07 Å². The van der Waals surface area contributed by atoms with Crippen molar-refractivity contribution >= 4 is 27.5 Å². The second-order valence-electron chi connectivity index (χ2n) is 4.64. The van der Waals surface area contributed by atoms with Crippen molar-refractivity contribution in [2.24, 2.45) is 5.73 Å². The van der Waals surface area contributed by atoms with Gasteiger partial charge in [0.1, 0.15) is 5.82 Å². The van der Waals surface area contributed by atoms with E-state index in [9.17, 15) is 4.39 Å². The lowest BCUT2D eigenvalue weighted by Crippen LogP contribution is -2.17. The topological polar surface area (TPSA) is 43.8 Å². The molecule has 3 nitrogen and oxygen atoms in total. The van der Waals surface area contributed by atoms with Gasteiger partial charge in [0, 0.05) is 24.0 Å². The minimum Gasteiger partial charge on any atom is -0.324 e. The van der Waals surface area contributed by atoms with Crippen LogP contribution in [-0.4, -0.2) is 9.78 Å². The molecule has 108 valence electrons. The number of aromatic nitrogens is 2. The number of nitrogens with zero attached hydrogens (tertiary/aromatic N) is 2. The Balaban J connectivity index is 2.30. The number of benzene rings is 1. The Kier molecular flexibility index (Phi) is 4.83. The predicted octanol–water partition coefficient (Wildman–Crippen LogP) is 4.01. The average molecular weight is 361 g/mol. The zero-order valence-corrected chi connectivity index (χ0v) is 13.7. The predicted molar refractivity (Wildman–Crippen MR) is 82.4 cm³/mol. The van der Waals surface area contributed by atoms with E-state index in [1.807, 2.05) is 18.5 Å². The molecule has 0 amide bonds. The first kappa shape index (κ1) is 15.5. The maximum atomic E-state index is 13.1. The van der Waals surface area contributed by atoms with Crippen LogP contribution in [0.25, 0.3) is 0 Å². The molecule has 2 rings (SSSR count). The van der Waals surface area contributed by atoms with E-state index in [2.05, 4.69) is 21.0 Å². The van der Waals surface area contributed by atoms with Crippen LogP contribution in [-0.2, 0) is 13.0 Å². The number of halogens is 3. The zero-order valence-electron chi connectivity index (χ0n) is 11.3. The van der Waals surface area contributed by atoms with Gasteiger partial charge in [0.2, 0.25) is 0 Å². The maximum absolute atomic E-state index is 13.1. The van der Waals surface area contributed by atoms with Crippen molar-refractivity contribution in [3.05, 3.63) is 50.5 Å². The lowest BCUT2D eigenvalue weighted by atomic mass is 10.0. The minimum atomic E-state index is -0.360. The van der Waals surface area contributed by atoms with Crippen LogP contribution in [0.5, 0.6) is 0 Å².